The van der Waals surface area contributed by atoms with Crippen LogP contribution >= 0.6 is 0 Å². The Morgan fingerprint density at radius 3 is 2.73 bits per heavy atom. The minimum atomic E-state index is -0.327. The highest BCUT2D eigenvalue weighted by Gasteiger charge is 2.01. The van der Waals surface area contributed by atoms with E-state index in [0.717, 1.165) is 5.57 Å². The van der Waals surface area contributed by atoms with E-state index in [9.17, 15) is 4.39 Å². The third-order valence-electron chi connectivity index (χ3n) is 1.71. The van der Waals surface area contributed by atoms with Crippen LogP contribution in [0.15, 0.2) is 60.9 Å². The maximum atomic E-state index is 12.9. The molecule has 0 heterocycles. The highest BCUT2D eigenvalue weighted by molar-refractivity contribution is 5.31. The van der Waals surface area contributed by atoms with Crippen LogP contribution in [0.3, 0.4) is 0 Å². The molecular weight excluding hydrogens is 191 g/mol. The third kappa shape index (κ3) is 3.43. The van der Waals surface area contributed by atoms with Crippen molar-refractivity contribution in [2.24, 2.45) is 0 Å². The van der Waals surface area contributed by atoms with Crippen molar-refractivity contribution in [1.29, 1.82) is 0 Å². The van der Waals surface area contributed by atoms with Crippen LogP contribution in [0.25, 0.3) is 0 Å². The number of halogens is 1. The second-order valence-electron chi connectivity index (χ2n) is 3.11. The molecule has 1 aromatic carbocycles. The quantitative estimate of drug-likeness (QED) is 0.534. The van der Waals surface area contributed by atoms with Gasteiger partial charge in [-0.15, -0.1) is 0 Å². The largest absolute Gasteiger partial charge is 0.457 e. The van der Waals surface area contributed by atoms with Crippen molar-refractivity contribution in [1.82, 2.24) is 0 Å². The van der Waals surface area contributed by atoms with Gasteiger partial charge in [-0.3, -0.25) is 0 Å². The number of benzene rings is 1. The summed E-state index contributed by atoms with van der Waals surface area (Å²) in [4.78, 5) is 0. The molecule has 0 aromatic heterocycles. The predicted molar refractivity (Wildman–Crippen MR) is 60.1 cm³/mol. The van der Waals surface area contributed by atoms with Gasteiger partial charge in [-0.1, -0.05) is 25.3 Å². The van der Waals surface area contributed by atoms with E-state index in [1.807, 2.05) is 6.92 Å². The first-order valence-corrected chi connectivity index (χ1v) is 4.55. The summed E-state index contributed by atoms with van der Waals surface area (Å²) in [5.74, 6) is 0.703. The molecule has 0 aliphatic carbocycles. The summed E-state index contributed by atoms with van der Waals surface area (Å²) < 4.78 is 18.3. The van der Waals surface area contributed by atoms with Crippen molar-refractivity contribution in [2.45, 2.75) is 6.92 Å². The molecule has 0 unspecified atom stereocenters. The molecule has 0 bridgehead atoms. The van der Waals surface area contributed by atoms with E-state index in [1.165, 1.54) is 12.1 Å². The van der Waals surface area contributed by atoms with E-state index < -0.39 is 0 Å². The molecule has 0 atom stereocenters. The van der Waals surface area contributed by atoms with E-state index in [0.29, 0.717) is 11.5 Å². The summed E-state index contributed by atoms with van der Waals surface area (Å²) in [5.41, 5.74) is 0.763. The fraction of sp³-hybridized carbons (Fsp3) is 0.0769. The van der Waals surface area contributed by atoms with Crippen molar-refractivity contribution in [3.63, 3.8) is 0 Å². The summed E-state index contributed by atoms with van der Waals surface area (Å²) in [7, 11) is 0. The van der Waals surface area contributed by atoms with Crippen LogP contribution in [0.1, 0.15) is 6.92 Å². The van der Waals surface area contributed by atoms with Crippen molar-refractivity contribution in [3.8, 4) is 5.75 Å². The van der Waals surface area contributed by atoms with E-state index in [2.05, 4.69) is 13.2 Å². The smallest absolute Gasteiger partial charge is 0.130 e. The molecule has 1 rings (SSSR count). The van der Waals surface area contributed by atoms with Crippen molar-refractivity contribution >= 4 is 0 Å². The van der Waals surface area contributed by atoms with Gasteiger partial charge in [-0.2, -0.15) is 0 Å². The standard InChI is InChI=1S/C13H13FO/c1-4-6-13(10(2)3)15-12-8-5-7-11(14)9-12/h4-9H,1-2H2,3H3/b13-6+. The molecule has 1 aromatic rings. The molecular formula is C13H13FO. The van der Waals surface area contributed by atoms with Gasteiger partial charge in [0.1, 0.15) is 17.3 Å². The molecule has 0 saturated heterocycles. The highest BCUT2D eigenvalue weighted by atomic mass is 19.1. The summed E-state index contributed by atoms with van der Waals surface area (Å²) in [6.45, 7) is 9.14. The molecule has 78 valence electrons. The van der Waals surface area contributed by atoms with Gasteiger partial charge < -0.3 is 4.74 Å². The maximum Gasteiger partial charge on any atom is 0.130 e. The van der Waals surface area contributed by atoms with E-state index in [1.54, 1.807) is 24.3 Å². The number of allylic oxidation sites excluding steroid dienone is 3. The van der Waals surface area contributed by atoms with Crippen LogP contribution < -0.4 is 4.74 Å². The average Bonchev–Trinajstić information content (AvgIpc) is 2.17. The van der Waals surface area contributed by atoms with Crippen LogP contribution in [0.5, 0.6) is 5.75 Å². The fourth-order valence-corrected chi connectivity index (χ4v) is 1.03. The summed E-state index contributed by atoms with van der Waals surface area (Å²) >= 11 is 0. The lowest BCUT2D eigenvalue weighted by Crippen LogP contribution is -1.96. The molecule has 0 radical (unpaired) electrons. The van der Waals surface area contributed by atoms with E-state index in [-0.39, 0.29) is 5.82 Å². The molecule has 1 nitrogen and oxygen atoms in total. The minimum Gasteiger partial charge on any atom is -0.457 e. The van der Waals surface area contributed by atoms with Crippen molar-refractivity contribution in [3.05, 3.63) is 66.7 Å². The van der Waals surface area contributed by atoms with Crippen LogP contribution in [0.2, 0.25) is 0 Å². The van der Waals surface area contributed by atoms with Gasteiger partial charge in [-0.25, -0.2) is 4.39 Å². The van der Waals surface area contributed by atoms with Crippen LogP contribution in [-0.4, -0.2) is 0 Å². The molecule has 15 heavy (non-hydrogen) atoms. The Labute approximate surface area is 89.2 Å². The fourth-order valence-electron chi connectivity index (χ4n) is 1.03. The second-order valence-corrected chi connectivity index (χ2v) is 3.11. The van der Waals surface area contributed by atoms with Crippen molar-refractivity contribution in [2.75, 3.05) is 0 Å². The second kappa shape index (κ2) is 5.15. The molecule has 0 spiro atoms. The van der Waals surface area contributed by atoms with E-state index in [4.69, 9.17) is 4.74 Å². The van der Waals surface area contributed by atoms with Gasteiger partial charge >= 0.3 is 0 Å². The first-order valence-electron chi connectivity index (χ1n) is 4.55. The molecule has 0 aliphatic heterocycles. The van der Waals surface area contributed by atoms with Gasteiger partial charge in [0.05, 0.1) is 0 Å². The lowest BCUT2D eigenvalue weighted by Gasteiger charge is -2.08. The van der Waals surface area contributed by atoms with Gasteiger partial charge in [0, 0.05) is 6.07 Å². The molecule has 0 N–H and O–H groups in total. The minimum absolute atomic E-state index is 0.327. The predicted octanol–water partition coefficient (Wildman–Crippen LogP) is 3.85. The summed E-state index contributed by atoms with van der Waals surface area (Å²) in [5, 5.41) is 0. The molecule has 0 aliphatic rings. The molecule has 2 heteroatoms. The Balaban J connectivity index is 2.88. The third-order valence-corrected chi connectivity index (χ3v) is 1.71. The lowest BCUT2D eigenvalue weighted by atomic mass is 10.2. The van der Waals surface area contributed by atoms with Gasteiger partial charge in [0.15, 0.2) is 0 Å². The normalized spacial score (nSPS) is 10.9. The van der Waals surface area contributed by atoms with Crippen molar-refractivity contribution < 1.29 is 9.13 Å². The first kappa shape index (κ1) is 11.2. The molecule has 0 amide bonds. The Bertz CT molecular complexity index is 405. The van der Waals surface area contributed by atoms with Crippen LogP contribution in [0.4, 0.5) is 4.39 Å². The topological polar surface area (TPSA) is 9.23 Å². The number of hydrogen-bond donors (Lipinski definition) is 0. The Kier molecular flexibility index (Phi) is 3.86. The molecule has 0 fully saturated rings. The molecule has 0 saturated carbocycles. The van der Waals surface area contributed by atoms with Gasteiger partial charge in [0.25, 0.3) is 0 Å². The number of hydrogen-bond acceptors (Lipinski definition) is 1. The summed E-state index contributed by atoms with van der Waals surface area (Å²) in [6, 6.07) is 5.96. The van der Waals surface area contributed by atoms with Crippen LogP contribution in [-0.2, 0) is 0 Å². The van der Waals surface area contributed by atoms with Gasteiger partial charge in [0.2, 0.25) is 0 Å². The SMILES string of the molecule is C=C/C=C(/Oc1cccc(F)c1)C(=C)C. The van der Waals surface area contributed by atoms with Crippen LogP contribution in [0, 0.1) is 5.82 Å². The highest BCUT2D eigenvalue weighted by Crippen LogP contribution is 2.18. The van der Waals surface area contributed by atoms with Gasteiger partial charge in [-0.05, 0) is 30.7 Å². The first-order chi connectivity index (χ1) is 7.13. The zero-order valence-electron chi connectivity index (χ0n) is 8.66. The van der Waals surface area contributed by atoms with E-state index >= 15 is 0 Å². The number of rotatable bonds is 4. The zero-order chi connectivity index (χ0) is 11.3. The lowest BCUT2D eigenvalue weighted by molar-refractivity contribution is 0.433. The Morgan fingerprint density at radius 1 is 1.47 bits per heavy atom. The Hall–Kier alpha value is -1.83. The summed E-state index contributed by atoms with van der Waals surface area (Å²) in [6.07, 6.45) is 3.29. The average molecular weight is 204 g/mol. The monoisotopic (exact) mass is 204 g/mol. The Morgan fingerprint density at radius 2 is 2.20 bits per heavy atom. The number of ether oxygens (including phenoxy) is 1. The maximum absolute atomic E-state index is 12.9. The zero-order valence-corrected chi connectivity index (χ0v) is 8.66.